The molecule has 0 spiro atoms. The summed E-state index contributed by atoms with van der Waals surface area (Å²) in [5.74, 6) is 3.16. The zero-order valence-corrected chi connectivity index (χ0v) is 14.5. The number of terminal acetylenes is 1. The molecule has 130 valence electrons. The van der Waals surface area contributed by atoms with Crippen molar-refractivity contribution in [2.45, 2.75) is 37.9 Å². The zero-order chi connectivity index (χ0) is 17.9. The van der Waals surface area contributed by atoms with Crippen LogP contribution in [-0.2, 0) is 11.3 Å². The molecule has 0 atom stereocenters. The molecule has 1 N–H and O–H groups in total. The van der Waals surface area contributed by atoms with E-state index in [9.17, 15) is 4.79 Å². The van der Waals surface area contributed by atoms with Gasteiger partial charge in [-0.05, 0) is 32.3 Å². The van der Waals surface area contributed by atoms with Gasteiger partial charge in [0.2, 0.25) is 11.8 Å². The van der Waals surface area contributed by atoms with Crippen LogP contribution in [-0.4, -0.2) is 35.5 Å². The molecule has 0 unspecified atom stereocenters. The first-order valence-corrected chi connectivity index (χ1v) is 8.21. The van der Waals surface area contributed by atoms with Gasteiger partial charge in [-0.2, -0.15) is 10.2 Å². The number of nitrogens with one attached hydrogen (secondary N) is 1. The largest absolute Gasteiger partial charge is 0.439 e. The third kappa shape index (κ3) is 4.43. The minimum Gasteiger partial charge on any atom is -0.439 e. The van der Waals surface area contributed by atoms with Gasteiger partial charge < -0.3 is 14.6 Å². The van der Waals surface area contributed by atoms with Crippen molar-refractivity contribution in [1.29, 1.82) is 0 Å². The molecule has 0 fully saturated rings. The summed E-state index contributed by atoms with van der Waals surface area (Å²) >= 11 is 0. The number of oxazole rings is 1. The molecule has 3 rings (SSSR count). The fraction of sp³-hybridized carbons (Fsp3) is 0.444. The molecule has 1 aromatic heterocycles. The van der Waals surface area contributed by atoms with Gasteiger partial charge in [0.1, 0.15) is 5.52 Å². The van der Waals surface area contributed by atoms with Crippen molar-refractivity contribution in [2.75, 3.05) is 19.4 Å². The highest BCUT2D eigenvalue weighted by Gasteiger charge is 2.39. The summed E-state index contributed by atoms with van der Waals surface area (Å²) in [6, 6.07) is 5.44. The maximum atomic E-state index is 12.2. The summed E-state index contributed by atoms with van der Waals surface area (Å²) in [7, 11) is 3.91. The Balaban J connectivity index is 1.57. The second kappa shape index (κ2) is 7.03. The summed E-state index contributed by atoms with van der Waals surface area (Å²) in [5.41, 5.74) is 1.71. The van der Waals surface area contributed by atoms with E-state index in [1.807, 2.05) is 37.2 Å². The molecule has 0 bridgehead atoms. The maximum absolute atomic E-state index is 12.2. The first kappa shape index (κ1) is 17.1. The lowest BCUT2D eigenvalue weighted by Gasteiger charge is -2.09. The molecule has 2 heterocycles. The van der Waals surface area contributed by atoms with Gasteiger partial charge in [-0.25, -0.2) is 4.98 Å². The van der Waals surface area contributed by atoms with Crippen LogP contribution in [0.2, 0.25) is 0 Å². The number of rotatable bonds is 8. The van der Waals surface area contributed by atoms with E-state index in [1.54, 1.807) is 0 Å². The molecule has 1 aliphatic heterocycles. The Morgan fingerprint density at radius 2 is 2.16 bits per heavy atom. The highest BCUT2D eigenvalue weighted by atomic mass is 16.3. The minimum absolute atomic E-state index is 0.0752. The van der Waals surface area contributed by atoms with Crippen molar-refractivity contribution in [2.24, 2.45) is 10.2 Å². The summed E-state index contributed by atoms with van der Waals surface area (Å²) in [5, 5.41) is 11.0. The Morgan fingerprint density at radius 3 is 2.84 bits per heavy atom. The zero-order valence-electron chi connectivity index (χ0n) is 14.5. The van der Waals surface area contributed by atoms with Crippen LogP contribution in [0.5, 0.6) is 0 Å². The normalized spacial score (nSPS) is 14.6. The highest BCUT2D eigenvalue weighted by molar-refractivity contribution is 5.92. The van der Waals surface area contributed by atoms with E-state index in [1.165, 1.54) is 0 Å². The van der Waals surface area contributed by atoms with Gasteiger partial charge in [0.25, 0.3) is 0 Å². The standard InChI is InChI=1S/C18H21N5O2/c1-4-5-9-18(21-22-18)10-8-16(24)19-13-6-7-15-14(11-13)20-17(25-15)12-23(2)3/h1,6-7,11H,5,8-10,12H2,2-3H3,(H,19,24). The number of anilines is 1. The molecule has 0 radical (unpaired) electrons. The SMILES string of the molecule is C#CCCC1(CCC(=O)Nc2ccc3oc(CN(C)C)nc3c2)N=N1. The number of carbonyl (C=O) groups is 1. The Morgan fingerprint density at radius 1 is 1.36 bits per heavy atom. The topological polar surface area (TPSA) is 83.1 Å². The molecule has 7 nitrogen and oxygen atoms in total. The van der Waals surface area contributed by atoms with Crippen molar-refractivity contribution in [1.82, 2.24) is 9.88 Å². The number of amides is 1. The van der Waals surface area contributed by atoms with E-state index >= 15 is 0 Å². The molecular formula is C18H21N5O2. The van der Waals surface area contributed by atoms with Gasteiger partial charge >= 0.3 is 0 Å². The van der Waals surface area contributed by atoms with Crippen LogP contribution in [0.15, 0.2) is 32.8 Å². The van der Waals surface area contributed by atoms with E-state index in [0.717, 1.165) is 5.52 Å². The Bertz CT molecular complexity index is 841. The average Bonchev–Trinajstić information content (AvgIpc) is 3.23. The van der Waals surface area contributed by atoms with Crippen molar-refractivity contribution >= 4 is 22.7 Å². The van der Waals surface area contributed by atoms with Crippen molar-refractivity contribution in [3.8, 4) is 12.3 Å². The molecule has 2 aromatic rings. The lowest BCUT2D eigenvalue weighted by molar-refractivity contribution is -0.116. The van der Waals surface area contributed by atoms with Crippen LogP contribution < -0.4 is 5.32 Å². The first-order chi connectivity index (χ1) is 12.0. The second-order valence-corrected chi connectivity index (χ2v) is 6.46. The molecule has 1 amide bonds. The van der Waals surface area contributed by atoms with E-state index in [4.69, 9.17) is 10.8 Å². The van der Waals surface area contributed by atoms with Gasteiger partial charge in [0.05, 0.1) is 6.54 Å². The lowest BCUT2D eigenvalue weighted by atomic mass is 10.0. The number of nitrogens with zero attached hydrogens (tertiary/aromatic N) is 4. The molecule has 0 saturated heterocycles. The molecular weight excluding hydrogens is 318 g/mol. The summed E-state index contributed by atoms with van der Waals surface area (Å²) in [6.45, 7) is 0.628. The summed E-state index contributed by atoms with van der Waals surface area (Å²) in [4.78, 5) is 18.6. The van der Waals surface area contributed by atoms with Crippen molar-refractivity contribution in [3.05, 3.63) is 24.1 Å². The summed E-state index contributed by atoms with van der Waals surface area (Å²) < 4.78 is 5.67. The van der Waals surface area contributed by atoms with Crippen LogP contribution in [0.1, 0.15) is 31.6 Å². The number of hydrogen-bond acceptors (Lipinski definition) is 6. The minimum atomic E-state index is -0.430. The molecule has 0 aliphatic carbocycles. The van der Waals surface area contributed by atoms with Crippen molar-refractivity contribution < 1.29 is 9.21 Å². The maximum Gasteiger partial charge on any atom is 0.224 e. The smallest absolute Gasteiger partial charge is 0.224 e. The number of fused-ring (bicyclic) bond motifs is 1. The number of aromatic nitrogens is 1. The quantitative estimate of drug-likeness (QED) is 0.749. The second-order valence-electron chi connectivity index (χ2n) is 6.46. The van der Waals surface area contributed by atoms with Crippen LogP contribution >= 0.6 is 0 Å². The lowest BCUT2D eigenvalue weighted by Crippen LogP contribution is -2.17. The van der Waals surface area contributed by atoms with Crippen molar-refractivity contribution in [3.63, 3.8) is 0 Å². The number of benzene rings is 1. The monoisotopic (exact) mass is 339 g/mol. The van der Waals surface area contributed by atoms with Gasteiger partial charge in [-0.3, -0.25) is 4.79 Å². The molecule has 1 aromatic carbocycles. The Labute approximate surface area is 146 Å². The highest BCUT2D eigenvalue weighted by Crippen LogP contribution is 2.37. The van der Waals surface area contributed by atoms with Crippen LogP contribution in [0.4, 0.5) is 5.69 Å². The van der Waals surface area contributed by atoms with Gasteiger partial charge in [-0.1, -0.05) is 0 Å². The van der Waals surface area contributed by atoms with Crippen LogP contribution in [0, 0.1) is 12.3 Å². The van der Waals surface area contributed by atoms with E-state index in [2.05, 4.69) is 26.4 Å². The molecule has 0 saturated carbocycles. The number of carbonyl (C=O) groups excluding carboxylic acids is 1. The van der Waals surface area contributed by atoms with Crippen LogP contribution in [0.25, 0.3) is 11.1 Å². The molecule has 25 heavy (non-hydrogen) atoms. The van der Waals surface area contributed by atoms with Gasteiger partial charge in [0.15, 0.2) is 11.2 Å². The molecule has 7 heteroatoms. The van der Waals surface area contributed by atoms with E-state index in [0.29, 0.717) is 49.4 Å². The fourth-order valence-electron chi connectivity index (χ4n) is 2.60. The predicted molar refractivity (Wildman–Crippen MR) is 94.9 cm³/mol. The third-order valence-corrected chi connectivity index (χ3v) is 3.97. The predicted octanol–water partition coefficient (Wildman–Crippen LogP) is 3.18. The third-order valence-electron chi connectivity index (χ3n) is 3.97. The van der Waals surface area contributed by atoms with Crippen LogP contribution in [0.3, 0.4) is 0 Å². The van der Waals surface area contributed by atoms with Gasteiger partial charge in [-0.15, -0.1) is 12.3 Å². The van der Waals surface area contributed by atoms with Gasteiger partial charge in [0, 0.05) is 31.4 Å². The molecule has 1 aliphatic rings. The number of hydrogen-bond donors (Lipinski definition) is 1. The van der Waals surface area contributed by atoms with E-state index < -0.39 is 5.66 Å². The fourth-order valence-corrected chi connectivity index (χ4v) is 2.60. The Kier molecular flexibility index (Phi) is 4.81. The summed E-state index contributed by atoms with van der Waals surface area (Å²) in [6.07, 6.45) is 7.52. The average molecular weight is 339 g/mol. The Hall–Kier alpha value is -2.72. The first-order valence-electron chi connectivity index (χ1n) is 8.21. The van der Waals surface area contributed by atoms with E-state index in [-0.39, 0.29) is 5.91 Å².